The summed E-state index contributed by atoms with van der Waals surface area (Å²) in [6.07, 6.45) is 0. The lowest BCUT2D eigenvalue weighted by Gasteiger charge is -2.25. The van der Waals surface area contributed by atoms with Crippen LogP contribution in [0.5, 0.6) is 0 Å². The van der Waals surface area contributed by atoms with E-state index in [4.69, 9.17) is 0 Å². The lowest BCUT2D eigenvalue weighted by Crippen LogP contribution is -2.26. The van der Waals surface area contributed by atoms with Crippen molar-refractivity contribution < 1.29 is 0 Å². The largest absolute Gasteiger partial charge is 0.352 e. The highest BCUT2D eigenvalue weighted by molar-refractivity contribution is 5.64. The molecule has 24 heavy (non-hydrogen) atoms. The molecule has 0 N–H and O–H groups in total. The Balaban J connectivity index is 0.00000100. The van der Waals surface area contributed by atoms with Crippen LogP contribution in [-0.2, 0) is 0 Å². The second-order valence-corrected chi connectivity index (χ2v) is 6.71. The Bertz CT molecular complexity index is 680. The molecule has 0 aliphatic carbocycles. The highest BCUT2D eigenvalue weighted by atomic mass is 15.4. The van der Waals surface area contributed by atoms with Crippen LogP contribution in [0, 0.1) is 34.6 Å². The van der Waals surface area contributed by atoms with Crippen molar-refractivity contribution in [1.29, 1.82) is 0 Å². The zero-order valence-electron chi connectivity index (χ0n) is 16.4. The van der Waals surface area contributed by atoms with Crippen molar-refractivity contribution >= 4 is 11.4 Å². The molecule has 0 unspecified atom stereocenters. The summed E-state index contributed by atoms with van der Waals surface area (Å²) in [5.41, 5.74) is 9.62. The van der Waals surface area contributed by atoms with Gasteiger partial charge in [-0.2, -0.15) is 0 Å². The molecule has 1 saturated heterocycles. The smallest absolute Gasteiger partial charge is 0.0904 e. The molecule has 0 saturated carbocycles. The van der Waals surface area contributed by atoms with E-state index < -0.39 is 0 Å². The molecule has 1 aliphatic rings. The fraction of sp³-hybridized carbons (Fsp3) is 0.455. The molecular formula is C22H32N2. The fourth-order valence-electron chi connectivity index (χ4n) is 3.80. The van der Waals surface area contributed by atoms with Crippen molar-refractivity contribution in [3.05, 3.63) is 58.1 Å². The van der Waals surface area contributed by atoms with Crippen molar-refractivity contribution in [3.63, 3.8) is 0 Å². The molecule has 0 radical (unpaired) electrons. The lowest BCUT2D eigenvalue weighted by molar-refractivity contribution is 0.934. The topological polar surface area (TPSA) is 6.48 Å². The molecule has 1 heterocycles. The number of hydrogen-bond acceptors (Lipinski definition) is 2. The predicted octanol–water partition coefficient (Wildman–Crippen LogP) is 5.54. The van der Waals surface area contributed by atoms with Gasteiger partial charge < -0.3 is 9.80 Å². The van der Waals surface area contributed by atoms with Crippen molar-refractivity contribution in [3.8, 4) is 0 Å². The van der Waals surface area contributed by atoms with E-state index in [-0.39, 0.29) is 0 Å². The van der Waals surface area contributed by atoms with Crippen molar-refractivity contribution in [1.82, 2.24) is 0 Å². The van der Waals surface area contributed by atoms with Crippen LogP contribution in [0.15, 0.2) is 30.3 Å². The molecule has 0 bridgehead atoms. The molecule has 2 aromatic rings. The van der Waals surface area contributed by atoms with Gasteiger partial charge in [0.2, 0.25) is 0 Å². The molecular weight excluding hydrogens is 292 g/mol. The van der Waals surface area contributed by atoms with Crippen molar-refractivity contribution in [2.45, 2.75) is 48.5 Å². The maximum atomic E-state index is 2.52. The van der Waals surface area contributed by atoms with Crippen LogP contribution in [0.2, 0.25) is 0 Å². The predicted molar refractivity (Wildman–Crippen MR) is 107 cm³/mol. The van der Waals surface area contributed by atoms with Gasteiger partial charge in [0, 0.05) is 24.5 Å². The van der Waals surface area contributed by atoms with Gasteiger partial charge in [0.25, 0.3) is 0 Å². The van der Waals surface area contributed by atoms with E-state index in [2.05, 4.69) is 74.8 Å². The van der Waals surface area contributed by atoms with E-state index in [1.807, 2.05) is 13.8 Å². The molecule has 3 rings (SSSR count). The highest BCUT2D eigenvalue weighted by Crippen LogP contribution is 2.31. The number of anilines is 2. The van der Waals surface area contributed by atoms with Crippen LogP contribution < -0.4 is 9.80 Å². The second kappa shape index (κ2) is 7.74. The van der Waals surface area contributed by atoms with E-state index in [9.17, 15) is 0 Å². The van der Waals surface area contributed by atoms with Crippen LogP contribution in [0.3, 0.4) is 0 Å². The van der Waals surface area contributed by atoms with Crippen molar-refractivity contribution in [2.24, 2.45) is 0 Å². The first kappa shape index (κ1) is 18.4. The van der Waals surface area contributed by atoms with Gasteiger partial charge in [0.1, 0.15) is 0 Å². The summed E-state index contributed by atoms with van der Waals surface area (Å²) in [6.45, 7) is 18.2. The maximum Gasteiger partial charge on any atom is 0.0904 e. The third-order valence-electron chi connectivity index (χ3n) is 4.63. The van der Waals surface area contributed by atoms with E-state index in [1.165, 1.54) is 39.2 Å². The zero-order chi connectivity index (χ0) is 17.9. The summed E-state index contributed by atoms with van der Waals surface area (Å²) in [6, 6.07) is 11.3. The van der Waals surface area contributed by atoms with Gasteiger partial charge in [0.05, 0.1) is 6.67 Å². The van der Waals surface area contributed by atoms with Gasteiger partial charge in [-0.1, -0.05) is 49.2 Å². The zero-order valence-corrected chi connectivity index (χ0v) is 16.4. The first-order chi connectivity index (χ1) is 11.5. The SMILES string of the molecule is CC.Cc1ccc(N2CCN(c3c(C)cc(C)cc3C)C2)c(C)c1. The molecule has 2 nitrogen and oxygen atoms in total. The Morgan fingerprint density at radius 1 is 0.667 bits per heavy atom. The van der Waals surface area contributed by atoms with Gasteiger partial charge in [-0.25, -0.2) is 0 Å². The standard InChI is InChI=1S/C20H26N2.C2H6/c1-14-6-7-19(16(3)10-14)21-8-9-22(13-21)20-17(4)11-15(2)12-18(20)5;1-2/h6-7,10-12H,8-9,13H2,1-5H3;1-2H3. The molecule has 0 spiro atoms. The van der Waals surface area contributed by atoms with E-state index in [0.717, 1.165) is 19.8 Å². The number of nitrogens with zero attached hydrogens (tertiary/aromatic N) is 2. The second-order valence-electron chi connectivity index (χ2n) is 6.71. The van der Waals surface area contributed by atoms with Gasteiger partial charge in [-0.3, -0.25) is 0 Å². The summed E-state index contributed by atoms with van der Waals surface area (Å²) >= 11 is 0. The number of benzene rings is 2. The van der Waals surface area contributed by atoms with Gasteiger partial charge in [-0.05, 0) is 57.4 Å². The average molecular weight is 325 g/mol. The van der Waals surface area contributed by atoms with Gasteiger partial charge in [0.15, 0.2) is 0 Å². The molecule has 1 aliphatic heterocycles. The number of hydrogen-bond donors (Lipinski definition) is 0. The Morgan fingerprint density at radius 2 is 1.21 bits per heavy atom. The monoisotopic (exact) mass is 324 g/mol. The van der Waals surface area contributed by atoms with Gasteiger partial charge in [-0.15, -0.1) is 0 Å². The molecule has 1 fully saturated rings. The summed E-state index contributed by atoms with van der Waals surface area (Å²) in [5, 5.41) is 0. The summed E-state index contributed by atoms with van der Waals surface area (Å²) in [5.74, 6) is 0. The third-order valence-corrected chi connectivity index (χ3v) is 4.63. The quantitative estimate of drug-likeness (QED) is 0.715. The summed E-state index contributed by atoms with van der Waals surface area (Å²) in [4.78, 5) is 5.01. The molecule has 0 aromatic heterocycles. The van der Waals surface area contributed by atoms with E-state index in [1.54, 1.807) is 0 Å². The Hall–Kier alpha value is -1.96. The van der Waals surface area contributed by atoms with Crippen LogP contribution >= 0.6 is 0 Å². The summed E-state index contributed by atoms with van der Waals surface area (Å²) < 4.78 is 0. The molecule has 2 aromatic carbocycles. The first-order valence-corrected chi connectivity index (χ1v) is 9.10. The first-order valence-electron chi connectivity index (χ1n) is 9.10. The van der Waals surface area contributed by atoms with Gasteiger partial charge >= 0.3 is 0 Å². The molecule has 130 valence electrons. The minimum absolute atomic E-state index is 0.981. The Morgan fingerprint density at radius 3 is 1.79 bits per heavy atom. The fourth-order valence-corrected chi connectivity index (χ4v) is 3.80. The third kappa shape index (κ3) is 3.75. The lowest BCUT2D eigenvalue weighted by atomic mass is 10.0. The van der Waals surface area contributed by atoms with E-state index >= 15 is 0 Å². The van der Waals surface area contributed by atoms with Crippen LogP contribution in [0.1, 0.15) is 41.7 Å². The molecule has 2 heteroatoms. The Kier molecular flexibility index (Phi) is 5.93. The molecule has 0 atom stereocenters. The summed E-state index contributed by atoms with van der Waals surface area (Å²) in [7, 11) is 0. The minimum Gasteiger partial charge on any atom is -0.352 e. The minimum atomic E-state index is 0.981. The number of rotatable bonds is 2. The highest BCUT2D eigenvalue weighted by Gasteiger charge is 2.23. The molecule has 0 amide bonds. The van der Waals surface area contributed by atoms with Crippen LogP contribution in [0.4, 0.5) is 11.4 Å². The average Bonchev–Trinajstić information content (AvgIpc) is 2.97. The van der Waals surface area contributed by atoms with Crippen LogP contribution in [0.25, 0.3) is 0 Å². The normalized spacial score (nSPS) is 13.8. The van der Waals surface area contributed by atoms with Crippen molar-refractivity contribution in [2.75, 3.05) is 29.6 Å². The van der Waals surface area contributed by atoms with E-state index in [0.29, 0.717) is 0 Å². The maximum absolute atomic E-state index is 2.52. The van der Waals surface area contributed by atoms with Crippen LogP contribution in [-0.4, -0.2) is 19.8 Å². The number of aryl methyl sites for hydroxylation is 5. The Labute approximate surface area is 148 Å².